The number of aromatic nitrogens is 1. The molecule has 0 spiro atoms. The van der Waals surface area contributed by atoms with Crippen molar-refractivity contribution in [3.63, 3.8) is 0 Å². The molecule has 1 N–H and O–H groups in total. The van der Waals surface area contributed by atoms with Crippen LogP contribution < -0.4 is 4.74 Å². The molecule has 25 heavy (non-hydrogen) atoms. The molecule has 1 aromatic carbocycles. The number of likely N-dealkylation sites (tertiary alicyclic amines) is 1. The molecule has 1 fully saturated rings. The monoisotopic (exact) mass is 343 g/mol. The Kier molecular flexibility index (Phi) is 5.71. The number of methoxy groups -OCH3 is 1. The molecule has 0 amide bonds. The van der Waals surface area contributed by atoms with E-state index in [-0.39, 0.29) is 6.04 Å². The minimum Gasteiger partial charge on any atom is -0.479 e. The molecule has 0 aliphatic carbocycles. The molecule has 6 heteroatoms. The van der Waals surface area contributed by atoms with Crippen molar-refractivity contribution in [2.24, 2.45) is 11.1 Å². The Balaban J connectivity index is 1.57. The summed E-state index contributed by atoms with van der Waals surface area (Å²) in [6, 6.07) is 12.3. The first kappa shape index (κ1) is 17.5. The maximum atomic E-state index is 9.44. The quantitative estimate of drug-likeness (QED) is 0.495. The third-order valence-electron chi connectivity index (χ3n) is 5.02. The highest BCUT2D eigenvalue weighted by Crippen LogP contribution is 2.24. The van der Waals surface area contributed by atoms with Crippen molar-refractivity contribution in [3.8, 4) is 5.88 Å². The fourth-order valence-corrected chi connectivity index (χ4v) is 3.48. The summed E-state index contributed by atoms with van der Waals surface area (Å²) in [6.07, 6.45) is 3.40. The van der Waals surface area contributed by atoms with Gasteiger partial charge in [0.25, 0.3) is 5.88 Å². The second-order valence-electron chi connectivity index (χ2n) is 6.56. The average Bonchev–Trinajstić information content (AvgIpc) is 3.12. The predicted molar refractivity (Wildman–Crippen MR) is 95.3 cm³/mol. The van der Waals surface area contributed by atoms with Gasteiger partial charge in [0.15, 0.2) is 5.76 Å². The van der Waals surface area contributed by atoms with Gasteiger partial charge in [-0.2, -0.15) is 0 Å². The van der Waals surface area contributed by atoms with Gasteiger partial charge in [-0.1, -0.05) is 35.5 Å². The number of benzene rings is 1. The molecule has 0 radical (unpaired) electrons. The standard InChI is InChI=1S/C19H25N3O3/c1-14(19(20-23)17-13-18(24-2)21-25-17)22-10-8-16(9-11-22)12-15-6-4-3-5-7-15/h3-7,13-14,16,23H,8-12H2,1-2H3. The Morgan fingerprint density at radius 2 is 2.08 bits per heavy atom. The van der Waals surface area contributed by atoms with Crippen molar-refractivity contribution < 1.29 is 14.5 Å². The van der Waals surface area contributed by atoms with E-state index in [4.69, 9.17) is 9.26 Å². The molecule has 1 unspecified atom stereocenters. The minimum atomic E-state index is -0.0414. The van der Waals surface area contributed by atoms with Crippen LogP contribution in [0.5, 0.6) is 5.88 Å². The average molecular weight is 343 g/mol. The van der Waals surface area contributed by atoms with Crippen molar-refractivity contribution in [1.29, 1.82) is 0 Å². The third kappa shape index (κ3) is 4.20. The largest absolute Gasteiger partial charge is 0.479 e. The zero-order valence-corrected chi connectivity index (χ0v) is 14.8. The molecular weight excluding hydrogens is 318 g/mol. The van der Waals surface area contributed by atoms with E-state index in [0.29, 0.717) is 23.3 Å². The Morgan fingerprint density at radius 3 is 2.68 bits per heavy atom. The Bertz CT molecular complexity index is 691. The molecule has 2 aromatic rings. The van der Waals surface area contributed by atoms with Gasteiger partial charge in [-0.25, -0.2) is 0 Å². The highest BCUT2D eigenvalue weighted by molar-refractivity contribution is 6.01. The van der Waals surface area contributed by atoms with E-state index < -0.39 is 0 Å². The zero-order valence-electron chi connectivity index (χ0n) is 14.8. The van der Waals surface area contributed by atoms with Gasteiger partial charge in [-0.3, -0.25) is 4.90 Å². The van der Waals surface area contributed by atoms with Gasteiger partial charge in [0, 0.05) is 0 Å². The fourth-order valence-electron chi connectivity index (χ4n) is 3.48. The maximum Gasteiger partial charge on any atom is 0.254 e. The van der Waals surface area contributed by atoms with Gasteiger partial charge >= 0.3 is 0 Å². The summed E-state index contributed by atoms with van der Waals surface area (Å²) in [4.78, 5) is 2.32. The van der Waals surface area contributed by atoms with Gasteiger partial charge in [-0.05, 0) is 55.9 Å². The molecule has 6 nitrogen and oxygen atoms in total. The SMILES string of the molecule is COc1cc(C(=NO)C(C)N2CCC(Cc3ccccc3)CC2)on1. The molecule has 0 bridgehead atoms. The summed E-state index contributed by atoms with van der Waals surface area (Å²) >= 11 is 0. The molecular formula is C19H25N3O3. The number of ether oxygens (including phenoxy) is 1. The number of oxime groups is 1. The van der Waals surface area contributed by atoms with Crippen LogP contribution >= 0.6 is 0 Å². The second-order valence-corrected chi connectivity index (χ2v) is 6.56. The van der Waals surface area contributed by atoms with E-state index in [1.54, 1.807) is 6.07 Å². The zero-order chi connectivity index (χ0) is 17.6. The van der Waals surface area contributed by atoms with Crippen molar-refractivity contribution in [2.45, 2.75) is 32.2 Å². The van der Waals surface area contributed by atoms with Crippen LogP contribution in [0.3, 0.4) is 0 Å². The molecule has 3 rings (SSSR count). The van der Waals surface area contributed by atoms with Crippen LogP contribution in [0.25, 0.3) is 0 Å². The van der Waals surface area contributed by atoms with E-state index >= 15 is 0 Å². The van der Waals surface area contributed by atoms with Gasteiger partial charge < -0.3 is 14.5 Å². The van der Waals surface area contributed by atoms with Crippen molar-refractivity contribution in [2.75, 3.05) is 20.2 Å². The predicted octanol–water partition coefficient (Wildman–Crippen LogP) is 3.20. The van der Waals surface area contributed by atoms with Crippen LogP contribution in [0.2, 0.25) is 0 Å². The number of rotatable bonds is 6. The number of nitrogens with zero attached hydrogens (tertiary/aromatic N) is 3. The Hall–Kier alpha value is -2.34. The second kappa shape index (κ2) is 8.16. The van der Waals surface area contributed by atoms with E-state index in [1.807, 2.05) is 6.92 Å². The van der Waals surface area contributed by atoms with Crippen molar-refractivity contribution in [1.82, 2.24) is 10.1 Å². The van der Waals surface area contributed by atoms with Crippen LogP contribution in [0.15, 0.2) is 46.1 Å². The van der Waals surface area contributed by atoms with E-state index in [9.17, 15) is 5.21 Å². The minimum absolute atomic E-state index is 0.0414. The van der Waals surface area contributed by atoms with Crippen LogP contribution in [0.1, 0.15) is 31.1 Å². The molecule has 1 atom stereocenters. The van der Waals surface area contributed by atoms with Crippen LogP contribution in [0, 0.1) is 5.92 Å². The topological polar surface area (TPSA) is 71.1 Å². The third-order valence-corrected chi connectivity index (χ3v) is 5.02. The fraction of sp³-hybridized carbons (Fsp3) is 0.474. The van der Waals surface area contributed by atoms with E-state index in [2.05, 4.69) is 45.5 Å². The summed E-state index contributed by atoms with van der Waals surface area (Å²) in [5.74, 6) is 1.52. The smallest absolute Gasteiger partial charge is 0.254 e. The summed E-state index contributed by atoms with van der Waals surface area (Å²) in [7, 11) is 1.53. The summed E-state index contributed by atoms with van der Waals surface area (Å²) in [5, 5.41) is 16.7. The summed E-state index contributed by atoms with van der Waals surface area (Å²) in [5.41, 5.74) is 1.89. The Morgan fingerprint density at radius 1 is 1.36 bits per heavy atom. The van der Waals surface area contributed by atoms with E-state index in [1.165, 1.54) is 12.7 Å². The summed E-state index contributed by atoms with van der Waals surface area (Å²) in [6.45, 7) is 3.98. The highest BCUT2D eigenvalue weighted by Gasteiger charge is 2.28. The van der Waals surface area contributed by atoms with Gasteiger partial charge in [0.1, 0.15) is 5.71 Å². The first-order chi connectivity index (χ1) is 12.2. The summed E-state index contributed by atoms with van der Waals surface area (Å²) < 4.78 is 10.3. The number of hydrogen-bond acceptors (Lipinski definition) is 6. The lowest BCUT2D eigenvalue weighted by Crippen LogP contribution is -2.44. The highest BCUT2D eigenvalue weighted by atomic mass is 16.5. The van der Waals surface area contributed by atoms with Crippen molar-refractivity contribution in [3.05, 3.63) is 47.7 Å². The molecule has 1 aliphatic rings. The lowest BCUT2D eigenvalue weighted by atomic mass is 9.89. The normalized spacial score (nSPS) is 18.2. The number of piperidine rings is 1. The lowest BCUT2D eigenvalue weighted by Gasteiger charge is -2.35. The lowest BCUT2D eigenvalue weighted by molar-refractivity contribution is 0.166. The molecule has 1 aliphatic heterocycles. The van der Waals surface area contributed by atoms with Crippen LogP contribution in [0.4, 0.5) is 0 Å². The first-order valence-electron chi connectivity index (χ1n) is 8.72. The number of hydrogen-bond donors (Lipinski definition) is 1. The Labute approximate surface area is 148 Å². The van der Waals surface area contributed by atoms with Gasteiger partial charge in [0.05, 0.1) is 19.2 Å². The molecule has 2 heterocycles. The molecule has 0 saturated carbocycles. The van der Waals surface area contributed by atoms with Crippen molar-refractivity contribution >= 4 is 5.71 Å². The first-order valence-corrected chi connectivity index (χ1v) is 8.72. The van der Waals surface area contributed by atoms with Gasteiger partial charge in [0.2, 0.25) is 0 Å². The van der Waals surface area contributed by atoms with Gasteiger partial charge in [-0.15, -0.1) is 0 Å². The maximum absolute atomic E-state index is 9.44. The molecule has 1 aromatic heterocycles. The molecule has 134 valence electrons. The molecule has 1 saturated heterocycles. The van der Waals surface area contributed by atoms with Crippen LogP contribution in [-0.4, -0.2) is 47.2 Å². The van der Waals surface area contributed by atoms with Crippen LogP contribution in [-0.2, 0) is 6.42 Å². The van der Waals surface area contributed by atoms with E-state index in [0.717, 1.165) is 32.4 Å².